The number of hydrogen-bond donors (Lipinski definition) is 1. The molecule has 204 valence electrons. The Morgan fingerprint density at radius 2 is 1.87 bits per heavy atom. The van der Waals surface area contributed by atoms with Crippen molar-refractivity contribution in [1.82, 2.24) is 5.32 Å². The molecule has 39 heavy (non-hydrogen) atoms. The number of nitriles is 1. The Hall–Kier alpha value is -3.55. The first kappa shape index (κ1) is 27.0. The van der Waals surface area contributed by atoms with Gasteiger partial charge in [0.05, 0.1) is 49.9 Å². The number of amides is 1. The van der Waals surface area contributed by atoms with E-state index in [1.165, 1.54) is 12.3 Å². The number of furan rings is 1. The van der Waals surface area contributed by atoms with Crippen LogP contribution in [-0.2, 0) is 43.5 Å². The lowest BCUT2D eigenvalue weighted by Gasteiger charge is -2.43. The van der Waals surface area contributed by atoms with E-state index in [0.717, 1.165) is 5.56 Å². The summed E-state index contributed by atoms with van der Waals surface area (Å²) in [5.74, 6) is -1.06. The van der Waals surface area contributed by atoms with Crippen LogP contribution in [0.15, 0.2) is 71.3 Å². The first-order valence-corrected chi connectivity index (χ1v) is 12.9. The van der Waals surface area contributed by atoms with Crippen LogP contribution in [0.3, 0.4) is 0 Å². The van der Waals surface area contributed by atoms with Gasteiger partial charge in [0.25, 0.3) is 5.91 Å². The minimum Gasteiger partial charge on any atom is -0.467 e. The van der Waals surface area contributed by atoms with E-state index in [-0.39, 0.29) is 38.5 Å². The predicted molar refractivity (Wildman–Crippen MR) is 137 cm³/mol. The van der Waals surface area contributed by atoms with E-state index in [0.29, 0.717) is 16.9 Å². The van der Waals surface area contributed by atoms with Crippen molar-refractivity contribution in [2.24, 2.45) is 0 Å². The van der Waals surface area contributed by atoms with Crippen LogP contribution in [-0.4, -0.2) is 35.6 Å². The van der Waals surface area contributed by atoms with Crippen molar-refractivity contribution in [3.8, 4) is 6.07 Å². The highest BCUT2D eigenvalue weighted by atomic mass is 19.1. The fraction of sp³-hybridized carbons (Fsp3) is 0.400. The Kier molecular flexibility index (Phi) is 7.82. The molecule has 3 aromatic rings. The van der Waals surface area contributed by atoms with Crippen LogP contribution in [0.5, 0.6) is 0 Å². The number of carbonyl (C=O) groups excluding carboxylic acids is 1. The van der Waals surface area contributed by atoms with Gasteiger partial charge in [-0.15, -0.1) is 0 Å². The van der Waals surface area contributed by atoms with E-state index in [2.05, 4.69) is 11.4 Å². The number of fused-ring (bicyclic) bond motifs is 1. The third-order valence-electron chi connectivity index (χ3n) is 7.08. The molecular formula is C30H31FN2O6. The molecule has 1 aromatic heterocycles. The molecule has 2 fully saturated rings. The molecule has 1 amide bonds. The van der Waals surface area contributed by atoms with E-state index in [4.69, 9.17) is 28.6 Å². The second-order valence-corrected chi connectivity index (χ2v) is 10.3. The Morgan fingerprint density at radius 1 is 1.08 bits per heavy atom. The van der Waals surface area contributed by atoms with E-state index >= 15 is 0 Å². The molecule has 2 aliphatic rings. The number of nitrogens with zero attached hydrogens (tertiary/aromatic N) is 1. The molecule has 1 saturated carbocycles. The molecule has 0 spiro atoms. The maximum atomic E-state index is 14.5. The predicted octanol–water partition coefficient (Wildman–Crippen LogP) is 4.76. The van der Waals surface area contributed by atoms with Crippen LogP contribution in [0.2, 0.25) is 0 Å². The molecule has 4 atom stereocenters. The van der Waals surface area contributed by atoms with Crippen LogP contribution < -0.4 is 5.32 Å². The zero-order valence-electron chi connectivity index (χ0n) is 21.9. The second-order valence-electron chi connectivity index (χ2n) is 10.3. The number of halogens is 1. The van der Waals surface area contributed by atoms with Crippen LogP contribution >= 0.6 is 0 Å². The van der Waals surface area contributed by atoms with Gasteiger partial charge in [-0.1, -0.05) is 30.3 Å². The molecule has 0 bridgehead atoms. The van der Waals surface area contributed by atoms with Crippen LogP contribution in [0, 0.1) is 17.1 Å². The van der Waals surface area contributed by atoms with Gasteiger partial charge in [-0.2, -0.15) is 5.26 Å². The van der Waals surface area contributed by atoms with Crippen LogP contribution in [0.4, 0.5) is 4.39 Å². The molecule has 1 N–H and O–H groups in total. The van der Waals surface area contributed by atoms with Gasteiger partial charge < -0.3 is 28.7 Å². The fourth-order valence-electron chi connectivity index (χ4n) is 5.16. The third-order valence-corrected chi connectivity index (χ3v) is 7.08. The van der Waals surface area contributed by atoms with Crippen molar-refractivity contribution >= 4 is 5.91 Å². The second kappa shape index (κ2) is 11.3. The highest BCUT2D eigenvalue weighted by Crippen LogP contribution is 2.44. The van der Waals surface area contributed by atoms with Gasteiger partial charge >= 0.3 is 0 Å². The van der Waals surface area contributed by atoms with Gasteiger partial charge in [0, 0.05) is 18.4 Å². The van der Waals surface area contributed by atoms with E-state index in [9.17, 15) is 9.18 Å². The zero-order chi connectivity index (χ0) is 27.5. The highest BCUT2D eigenvalue weighted by Gasteiger charge is 2.58. The van der Waals surface area contributed by atoms with Crippen LogP contribution in [0.1, 0.15) is 49.1 Å². The Balaban J connectivity index is 1.41. The molecule has 2 aromatic carbocycles. The highest BCUT2D eigenvalue weighted by molar-refractivity contribution is 5.85. The van der Waals surface area contributed by atoms with Gasteiger partial charge in [0.15, 0.2) is 11.4 Å². The average molecular weight is 535 g/mol. The van der Waals surface area contributed by atoms with Crippen molar-refractivity contribution in [3.63, 3.8) is 0 Å². The summed E-state index contributed by atoms with van der Waals surface area (Å²) in [4.78, 5) is 13.8. The van der Waals surface area contributed by atoms with Gasteiger partial charge in [-0.3, -0.25) is 4.79 Å². The summed E-state index contributed by atoms with van der Waals surface area (Å²) >= 11 is 0. The summed E-state index contributed by atoms with van der Waals surface area (Å²) in [5.41, 5.74) is 0.389. The maximum Gasteiger partial charge on any atom is 0.252 e. The monoisotopic (exact) mass is 534 g/mol. The Morgan fingerprint density at radius 3 is 2.59 bits per heavy atom. The normalized spacial score (nSPS) is 25.5. The molecule has 8 nitrogen and oxygen atoms in total. The summed E-state index contributed by atoms with van der Waals surface area (Å²) in [6.45, 7) is 3.94. The topological polar surface area (TPSA) is 103 Å². The molecule has 5 rings (SSSR count). The molecule has 1 aliphatic carbocycles. The standard InChI is InChI=1S/C30H31FN2O6/c1-29(2)38-26-15-30(28(34)33-17-23-7-5-13-35-23,37-19-22-6-3-4-8-24(22)31)14-25(27(26)39-29)36-18-21-11-9-20(16-32)10-12-21/h3-13,25-27H,14-15,17-19H2,1-2H3,(H,33,34)/t25?,26-,27+,30-/m1/s1. The van der Waals surface area contributed by atoms with E-state index in [1.807, 2.05) is 26.0 Å². The van der Waals surface area contributed by atoms with Crippen molar-refractivity contribution in [3.05, 3.63) is 95.2 Å². The van der Waals surface area contributed by atoms with Crippen molar-refractivity contribution in [1.29, 1.82) is 5.26 Å². The summed E-state index contributed by atoms with van der Waals surface area (Å²) < 4.78 is 44.9. The van der Waals surface area contributed by atoms with Crippen molar-refractivity contribution < 1.29 is 32.5 Å². The lowest BCUT2D eigenvalue weighted by atomic mass is 9.78. The minimum atomic E-state index is -1.38. The average Bonchev–Trinajstić information content (AvgIpc) is 3.56. The van der Waals surface area contributed by atoms with Crippen molar-refractivity contribution in [2.75, 3.05) is 0 Å². The SMILES string of the molecule is CC1(C)O[C@@H]2C[C@@](OCc3ccccc3F)(C(=O)NCc3ccco3)CC(OCc3ccc(C#N)cc3)[C@@H]2O1. The number of benzene rings is 2. The fourth-order valence-corrected chi connectivity index (χ4v) is 5.16. The lowest BCUT2D eigenvalue weighted by molar-refractivity contribution is -0.183. The molecule has 2 heterocycles. The summed E-state index contributed by atoms with van der Waals surface area (Å²) in [6.07, 6.45) is 0.432. The number of rotatable bonds is 9. The minimum absolute atomic E-state index is 0.106. The maximum absolute atomic E-state index is 14.5. The molecule has 1 saturated heterocycles. The first-order chi connectivity index (χ1) is 18.8. The van der Waals surface area contributed by atoms with Gasteiger partial charge in [0.1, 0.15) is 17.7 Å². The third kappa shape index (κ3) is 6.21. The molecule has 9 heteroatoms. The number of carbonyl (C=O) groups is 1. The number of ether oxygens (including phenoxy) is 4. The molecule has 1 aliphatic heterocycles. The van der Waals surface area contributed by atoms with Crippen molar-refractivity contribution in [2.45, 2.75) is 76.1 Å². The van der Waals surface area contributed by atoms with E-state index in [1.54, 1.807) is 42.5 Å². The zero-order valence-corrected chi connectivity index (χ0v) is 21.9. The van der Waals surface area contributed by atoms with Crippen LogP contribution in [0.25, 0.3) is 0 Å². The van der Waals surface area contributed by atoms with Gasteiger partial charge in [-0.25, -0.2) is 4.39 Å². The largest absolute Gasteiger partial charge is 0.467 e. The molecule has 0 radical (unpaired) electrons. The summed E-state index contributed by atoms with van der Waals surface area (Å²) in [6, 6.07) is 19.0. The van der Waals surface area contributed by atoms with Gasteiger partial charge in [-0.05, 0) is 49.7 Å². The molecular weight excluding hydrogens is 503 g/mol. The first-order valence-electron chi connectivity index (χ1n) is 12.9. The smallest absolute Gasteiger partial charge is 0.252 e. The number of nitrogens with one attached hydrogen (secondary N) is 1. The lowest BCUT2D eigenvalue weighted by Crippen LogP contribution is -2.59. The quantitative estimate of drug-likeness (QED) is 0.422. The Bertz CT molecular complexity index is 1320. The Labute approximate surface area is 226 Å². The summed E-state index contributed by atoms with van der Waals surface area (Å²) in [5, 5.41) is 12.0. The molecule has 1 unspecified atom stereocenters. The number of hydrogen-bond acceptors (Lipinski definition) is 7. The summed E-state index contributed by atoms with van der Waals surface area (Å²) in [7, 11) is 0. The van der Waals surface area contributed by atoms with E-state index < -0.39 is 35.5 Å². The van der Waals surface area contributed by atoms with Gasteiger partial charge in [0.2, 0.25) is 0 Å².